The minimum atomic E-state index is 0.00886. The fourth-order valence-electron chi connectivity index (χ4n) is 4.05. The molecular formula is C19H24N4O2. The number of hydrogen-bond donors (Lipinski definition) is 1. The highest BCUT2D eigenvalue weighted by atomic mass is 16.5. The van der Waals surface area contributed by atoms with Crippen molar-refractivity contribution in [2.24, 2.45) is 5.92 Å². The standard InChI is InChI=1S/C19H24N4O2/c1-20-19(24)15-10-18-17(6-9-25-18)23(12-15)11-14-2-4-16(5-3-14)22-8-7-21-13-22/h2-5,7-8,13,15,17-18H,6,9-12H2,1H3,(H,20,24)/t15-,17+,18+/m0/s1. The van der Waals surface area contributed by atoms with E-state index in [1.807, 2.05) is 10.8 Å². The van der Waals surface area contributed by atoms with Crippen molar-refractivity contribution in [3.8, 4) is 5.69 Å². The summed E-state index contributed by atoms with van der Waals surface area (Å²) in [6, 6.07) is 8.96. The second-order valence-electron chi connectivity index (χ2n) is 6.88. The van der Waals surface area contributed by atoms with E-state index in [1.54, 1.807) is 19.6 Å². The van der Waals surface area contributed by atoms with Gasteiger partial charge in [0.15, 0.2) is 0 Å². The summed E-state index contributed by atoms with van der Waals surface area (Å²) in [6.07, 6.45) is 7.59. The first kappa shape index (κ1) is 16.3. The number of hydrogen-bond acceptors (Lipinski definition) is 4. The zero-order chi connectivity index (χ0) is 17.2. The molecule has 3 heterocycles. The molecule has 2 aromatic rings. The number of ether oxygens (including phenoxy) is 1. The van der Waals surface area contributed by atoms with Gasteiger partial charge in [0, 0.05) is 50.9 Å². The van der Waals surface area contributed by atoms with Crippen LogP contribution in [0.2, 0.25) is 0 Å². The third kappa shape index (κ3) is 3.32. The number of piperidine rings is 1. The van der Waals surface area contributed by atoms with Crippen LogP contribution in [-0.2, 0) is 16.1 Å². The summed E-state index contributed by atoms with van der Waals surface area (Å²) < 4.78 is 7.88. The summed E-state index contributed by atoms with van der Waals surface area (Å²) in [6.45, 7) is 2.45. The fraction of sp³-hybridized carbons (Fsp3) is 0.474. The Labute approximate surface area is 147 Å². The Morgan fingerprint density at radius 1 is 1.36 bits per heavy atom. The molecule has 0 saturated carbocycles. The van der Waals surface area contributed by atoms with Crippen LogP contribution in [0.5, 0.6) is 0 Å². The minimum Gasteiger partial charge on any atom is -0.377 e. The Hall–Kier alpha value is -2.18. The lowest BCUT2D eigenvalue weighted by Gasteiger charge is -2.40. The third-order valence-corrected chi connectivity index (χ3v) is 5.36. The number of aromatic nitrogens is 2. The van der Waals surface area contributed by atoms with Crippen LogP contribution in [0, 0.1) is 5.92 Å². The van der Waals surface area contributed by atoms with Crippen LogP contribution in [0.25, 0.3) is 5.69 Å². The molecule has 2 aliphatic heterocycles. The number of nitrogens with one attached hydrogen (secondary N) is 1. The SMILES string of the molecule is CNC(=O)[C@H]1C[C@H]2OCC[C@H]2N(Cc2ccc(-n3ccnc3)cc2)C1. The van der Waals surface area contributed by atoms with E-state index < -0.39 is 0 Å². The first-order valence-corrected chi connectivity index (χ1v) is 8.89. The van der Waals surface area contributed by atoms with Crippen LogP contribution in [-0.4, -0.2) is 52.7 Å². The molecule has 0 aliphatic carbocycles. The van der Waals surface area contributed by atoms with Crippen LogP contribution >= 0.6 is 0 Å². The van der Waals surface area contributed by atoms with Gasteiger partial charge in [0.05, 0.1) is 18.3 Å². The first-order chi connectivity index (χ1) is 12.2. The van der Waals surface area contributed by atoms with Gasteiger partial charge in [-0.25, -0.2) is 4.98 Å². The Kier molecular flexibility index (Phi) is 4.55. The summed E-state index contributed by atoms with van der Waals surface area (Å²) in [5.74, 6) is 0.129. The van der Waals surface area contributed by atoms with Gasteiger partial charge >= 0.3 is 0 Å². The molecule has 132 valence electrons. The van der Waals surface area contributed by atoms with Gasteiger partial charge in [-0.2, -0.15) is 0 Å². The predicted octanol–water partition coefficient (Wildman–Crippen LogP) is 1.60. The lowest BCUT2D eigenvalue weighted by molar-refractivity contribution is -0.129. The normalized spacial score (nSPS) is 26.4. The van der Waals surface area contributed by atoms with E-state index in [4.69, 9.17) is 4.74 Å². The van der Waals surface area contributed by atoms with E-state index in [2.05, 4.69) is 39.5 Å². The number of likely N-dealkylation sites (tertiary alicyclic amines) is 1. The van der Waals surface area contributed by atoms with Gasteiger partial charge in [-0.15, -0.1) is 0 Å². The van der Waals surface area contributed by atoms with Crippen molar-refractivity contribution in [3.05, 3.63) is 48.5 Å². The molecule has 0 radical (unpaired) electrons. The van der Waals surface area contributed by atoms with Gasteiger partial charge in [0.1, 0.15) is 0 Å². The molecule has 0 bridgehead atoms. The average molecular weight is 340 g/mol. The molecule has 1 N–H and O–H groups in total. The topological polar surface area (TPSA) is 59.4 Å². The van der Waals surface area contributed by atoms with Gasteiger partial charge in [0.25, 0.3) is 0 Å². The summed E-state index contributed by atoms with van der Waals surface area (Å²) in [5.41, 5.74) is 2.36. The third-order valence-electron chi connectivity index (χ3n) is 5.36. The van der Waals surface area contributed by atoms with E-state index >= 15 is 0 Å². The van der Waals surface area contributed by atoms with E-state index in [1.165, 1.54) is 5.56 Å². The monoisotopic (exact) mass is 340 g/mol. The van der Waals surface area contributed by atoms with Gasteiger partial charge in [-0.3, -0.25) is 9.69 Å². The van der Waals surface area contributed by atoms with Gasteiger partial charge < -0.3 is 14.6 Å². The lowest BCUT2D eigenvalue weighted by atomic mass is 9.89. The van der Waals surface area contributed by atoms with Crippen molar-refractivity contribution in [3.63, 3.8) is 0 Å². The number of amides is 1. The Balaban J connectivity index is 1.49. The highest BCUT2D eigenvalue weighted by Gasteiger charge is 2.41. The number of fused-ring (bicyclic) bond motifs is 1. The summed E-state index contributed by atoms with van der Waals surface area (Å²) in [7, 11) is 1.71. The Bertz CT molecular complexity index is 714. The van der Waals surface area contributed by atoms with E-state index in [0.29, 0.717) is 6.04 Å². The number of carbonyl (C=O) groups is 1. The molecule has 2 fully saturated rings. The van der Waals surface area contributed by atoms with E-state index in [-0.39, 0.29) is 17.9 Å². The quantitative estimate of drug-likeness (QED) is 0.918. The van der Waals surface area contributed by atoms with Crippen LogP contribution in [0.1, 0.15) is 18.4 Å². The lowest BCUT2D eigenvalue weighted by Crippen LogP contribution is -2.52. The second kappa shape index (κ2) is 6.98. The van der Waals surface area contributed by atoms with Crippen molar-refractivity contribution in [1.29, 1.82) is 0 Å². The molecule has 4 rings (SSSR count). The zero-order valence-electron chi connectivity index (χ0n) is 14.5. The average Bonchev–Trinajstić information content (AvgIpc) is 3.33. The largest absolute Gasteiger partial charge is 0.377 e. The summed E-state index contributed by atoms with van der Waals surface area (Å²) in [5, 5.41) is 2.79. The first-order valence-electron chi connectivity index (χ1n) is 8.89. The molecule has 6 heteroatoms. The predicted molar refractivity (Wildman–Crippen MR) is 94.3 cm³/mol. The molecule has 3 atom stereocenters. The number of carbonyl (C=O) groups excluding carboxylic acids is 1. The molecule has 0 unspecified atom stereocenters. The van der Waals surface area contributed by atoms with Crippen molar-refractivity contribution in [2.45, 2.75) is 31.5 Å². The molecular weight excluding hydrogens is 316 g/mol. The van der Waals surface area contributed by atoms with Crippen molar-refractivity contribution < 1.29 is 9.53 Å². The number of nitrogens with zero attached hydrogens (tertiary/aromatic N) is 3. The van der Waals surface area contributed by atoms with Gasteiger partial charge in [-0.1, -0.05) is 12.1 Å². The fourth-order valence-corrected chi connectivity index (χ4v) is 4.05. The van der Waals surface area contributed by atoms with Crippen molar-refractivity contribution in [2.75, 3.05) is 20.2 Å². The molecule has 25 heavy (non-hydrogen) atoms. The van der Waals surface area contributed by atoms with Crippen LogP contribution in [0.3, 0.4) is 0 Å². The van der Waals surface area contributed by atoms with Crippen molar-refractivity contribution in [1.82, 2.24) is 19.8 Å². The molecule has 1 amide bonds. The maximum atomic E-state index is 12.1. The molecule has 1 aromatic carbocycles. The number of benzene rings is 1. The maximum absolute atomic E-state index is 12.1. The van der Waals surface area contributed by atoms with Gasteiger partial charge in [0.2, 0.25) is 5.91 Å². The Morgan fingerprint density at radius 3 is 2.92 bits per heavy atom. The molecule has 6 nitrogen and oxygen atoms in total. The Morgan fingerprint density at radius 2 is 2.20 bits per heavy atom. The molecule has 1 aromatic heterocycles. The highest BCUT2D eigenvalue weighted by Crippen LogP contribution is 2.32. The molecule has 2 saturated heterocycles. The van der Waals surface area contributed by atoms with Crippen LogP contribution in [0.4, 0.5) is 0 Å². The second-order valence-corrected chi connectivity index (χ2v) is 6.88. The summed E-state index contributed by atoms with van der Waals surface area (Å²) in [4.78, 5) is 18.6. The molecule has 0 spiro atoms. The van der Waals surface area contributed by atoms with Crippen molar-refractivity contribution >= 4 is 5.91 Å². The summed E-state index contributed by atoms with van der Waals surface area (Å²) >= 11 is 0. The van der Waals surface area contributed by atoms with E-state index in [9.17, 15) is 4.79 Å². The zero-order valence-corrected chi connectivity index (χ0v) is 14.5. The molecule has 2 aliphatic rings. The van der Waals surface area contributed by atoms with E-state index in [0.717, 1.165) is 38.2 Å². The van der Waals surface area contributed by atoms with Crippen LogP contribution < -0.4 is 5.32 Å². The minimum absolute atomic E-state index is 0.00886. The smallest absolute Gasteiger partial charge is 0.224 e. The highest BCUT2D eigenvalue weighted by molar-refractivity contribution is 5.78. The maximum Gasteiger partial charge on any atom is 0.224 e. The number of imidazole rings is 1. The van der Waals surface area contributed by atoms with Gasteiger partial charge in [-0.05, 0) is 30.5 Å². The van der Waals surface area contributed by atoms with Crippen LogP contribution in [0.15, 0.2) is 43.0 Å². The number of rotatable bonds is 4.